The van der Waals surface area contributed by atoms with Crippen molar-refractivity contribution in [2.75, 3.05) is 0 Å². The van der Waals surface area contributed by atoms with Gasteiger partial charge in [0.2, 0.25) is 0 Å². The van der Waals surface area contributed by atoms with Gasteiger partial charge in [-0.2, -0.15) is 0 Å². The Kier molecular flexibility index (Phi) is 2.90. The summed E-state index contributed by atoms with van der Waals surface area (Å²) in [6.45, 7) is 0. The number of carboxylic acids is 1. The number of rotatable bonds is 2. The highest BCUT2D eigenvalue weighted by atomic mass is 79.9. The predicted molar refractivity (Wildman–Crippen MR) is 48.4 cm³/mol. The van der Waals surface area contributed by atoms with Gasteiger partial charge in [0.25, 0.3) is 0 Å². The number of phenols is 1. The Morgan fingerprint density at radius 1 is 1.46 bits per heavy atom. The average molecular weight is 247 g/mol. The number of aromatic hydroxyl groups is 1. The third-order valence-corrected chi connectivity index (χ3v) is 2.01. The Labute approximate surface area is 82.6 Å². The molecule has 0 radical (unpaired) electrons. The molecule has 0 aliphatic rings. The van der Waals surface area contributed by atoms with E-state index in [-0.39, 0.29) is 11.3 Å². The smallest absolute Gasteiger partial charge is 0.337 e. The molecule has 4 nitrogen and oxygen atoms in total. The number of benzene rings is 1. The maximum Gasteiger partial charge on any atom is 0.337 e. The van der Waals surface area contributed by atoms with E-state index in [2.05, 4.69) is 15.9 Å². The van der Waals surface area contributed by atoms with Crippen LogP contribution in [0.5, 0.6) is 5.75 Å². The standard InChI is InChI=1S/C8H7BrO4/c9-4-1-2-5(6(10)3-4)7(11)8(12)13/h1-3,7,10-11H,(H,12,13). The monoisotopic (exact) mass is 246 g/mol. The van der Waals surface area contributed by atoms with Crippen LogP contribution in [0, 0.1) is 0 Å². The van der Waals surface area contributed by atoms with Crippen molar-refractivity contribution in [1.82, 2.24) is 0 Å². The van der Waals surface area contributed by atoms with Crippen LogP contribution >= 0.6 is 15.9 Å². The molecule has 1 aromatic carbocycles. The van der Waals surface area contributed by atoms with E-state index in [9.17, 15) is 9.90 Å². The van der Waals surface area contributed by atoms with Crippen LogP contribution in [-0.2, 0) is 4.79 Å². The van der Waals surface area contributed by atoms with E-state index in [1.165, 1.54) is 12.1 Å². The molecule has 1 aromatic rings. The highest BCUT2D eigenvalue weighted by Gasteiger charge is 2.19. The summed E-state index contributed by atoms with van der Waals surface area (Å²) < 4.78 is 0.617. The molecule has 5 heteroatoms. The van der Waals surface area contributed by atoms with Gasteiger partial charge in [0, 0.05) is 10.0 Å². The van der Waals surface area contributed by atoms with Gasteiger partial charge >= 0.3 is 5.97 Å². The number of aliphatic hydroxyl groups excluding tert-OH is 1. The Morgan fingerprint density at radius 3 is 2.54 bits per heavy atom. The van der Waals surface area contributed by atoms with E-state index in [0.717, 1.165) is 0 Å². The topological polar surface area (TPSA) is 77.8 Å². The zero-order valence-electron chi connectivity index (χ0n) is 6.44. The summed E-state index contributed by atoms with van der Waals surface area (Å²) in [5.74, 6) is -1.64. The van der Waals surface area contributed by atoms with E-state index in [4.69, 9.17) is 10.2 Å². The van der Waals surface area contributed by atoms with E-state index < -0.39 is 12.1 Å². The van der Waals surface area contributed by atoms with Crippen LogP contribution < -0.4 is 0 Å². The van der Waals surface area contributed by atoms with Crippen molar-refractivity contribution in [2.45, 2.75) is 6.10 Å². The lowest BCUT2D eigenvalue weighted by molar-refractivity contribution is -0.147. The normalized spacial score (nSPS) is 12.5. The molecule has 1 atom stereocenters. The second-order valence-electron chi connectivity index (χ2n) is 2.44. The Hall–Kier alpha value is -1.07. The number of halogens is 1. The van der Waals surface area contributed by atoms with Crippen molar-refractivity contribution in [2.24, 2.45) is 0 Å². The average Bonchev–Trinajstić information content (AvgIpc) is 2.03. The zero-order valence-corrected chi connectivity index (χ0v) is 8.02. The fourth-order valence-corrected chi connectivity index (χ4v) is 1.23. The summed E-state index contributed by atoms with van der Waals surface area (Å²) in [5, 5.41) is 26.8. The second-order valence-corrected chi connectivity index (χ2v) is 3.36. The van der Waals surface area contributed by atoms with Crippen LogP contribution in [-0.4, -0.2) is 21.3 Å². The first kappa shape index (κ1) is 10.0. The van der Waals surface area contributed by atoms with E-state index in [1.54, 1.807) is 6.07 Å². The number of carbonyl (C=O) groups is 1. The molecule has 0 fully saturated rings. The minimum atomic E-state index is -1.69. The maximum absolute atomic E-state index is 10.4. The van der Waals surface area contributed by atoms with Gasteiger partial charge in [0.15, 0.2) is 6.10 Å². The molecule has 0 saturated carbocycles. The first-order valence-corrected chi connectivity index (χ1v) is 4.21. The number of aliphatic carboxylic acids is 1. The Bertz CT molecular complexity index is 337. The lowest BCUT2D eigenvalue weighted by Crippen LogP contribution is -2.10. The summed E-state index contributed by atoms with van der Waals surface area (Å²) in [6, 6.07) is 4.21. The molecule has 0 aromatic heterocycles. The van der Waals surface area contributed by atoms with Gasteiger partial charge in [-0.05, 0) is 12.1 Å². The van der Waals surface area contributed by atoms with Crippen LogP contribution in [0.2, 0.25) is 0 Å². The summed E-state index contributed by atoms with van der Waals surface area (Å²) >= 11 is 3.09. The van der Waals surface area contributed by atoms with Gasteiger partial charge in [0.1, 0.15) is 5.75 Å². The molecule has 0 bridgehead atoms. The van der Waals surface area contributed by atoms with Gasteiger partial charge in [0.05, 0.1) is 0 Å². The summed E-state index contributed by atoms with van der Waals surface area (Å²) in [7, 11) is 0. The van der Waals surface area contributed by atoms with E-state index >= 15 is 0 Å². The van der Waals surface area contributed by atoms with Crippen LogP contribution in [0.1, 0.15) is 11.7 Å². The van der Waals surface area contributed by atoms with Gasteiger partial charge in [-0.1, -0.05) is 22.0 Å². The van der Waals surface area contributed by atoms with Crippen LogP contribution in [0.25, 0.3) is 0 Å². The van der Waals surface area contributed by atoms with Crippen molar-refractivity contribution in [1.29, 1.82) is 0 Å². The number of aliphatic hydroxyl groups is 1. The molecule has 0 aliphatic carbocycles. The minimum Gasteiger partial charge on any atom is -0.508 e. The largest absolute Gasteiger partial charge is 0.508 e. The summed E-state index contributed by atoms with van der Waals surface area (Å²) in [6.07, 6.45) is -1.69. The molecule has 13 heavy (non-hydrogen) atoms. The van der Waals surface area contributed by atoms with Crippen molar-refractivity contribution in [3.8, 4) is 5.75 Å². The third-order valence-electron chi connectivity index (χ3n) is 1.52. The first-order valence-electron chi connectivity index (χ1n) is 3.41. The molecular weight excluding hydrogens is 240 g/mol. The second kappa shape index (κ2) is 3.76. The van der Waals surface area contributed by atoms with Crippen LogP contribution in [0.3, 0.4) is 0 Å². The molecule has 1 unspecified atom stereocenters. The fourth-order valence-electron chi connectivity index (χ4n) is 0.881. The lowest BCUT2D eigenvalue weighted by atomic mass is 10.1. The highest BCUT2D eigenvalue weighted by molar-refractivity contribution is 9.10. The maximum atomic E-state index is 10.4. The van der Waals surface area contributed by atoms with Crippen molar-refractivity contribution >= 4 is 21.9 Å². The molecule has 0 aliphatic heterocycles. The molecule has 1 rings (SSSR count). The van der Waals surface area contributed by atoms with Crippen molar-refractivity contribution in [3.63, 3.8) is 0 Å². The molecule has 70 valence electrons. The number of hydrogen-bond donors (Lipinski definition) is 3. The summed E-state index contributed by atoms with van der Waals surface area (Å²) in [5.41, 5.74) is -0.0179. The quantitative estimate of drug-likeness (QED) is 0.735. The van der Waals surface area contributed by atoms with Gasteiger partial charge in [-0.25, -0.2) is 4.79 Å². The van der Waals surface area contributed by atoms with E-state index in [0.29, 0.717) is 4.47 Å². The lowest BCUT2D eigenvalue weighted by Gasteiger charge is -2.07. The van der Waals surface area contributed by atoms with Crippen molar-refractivity contribution < 1.29 is 20.1 Å². The number of hydrogen-bond acceptors (Lipinski definition) is 3. The van der Waals surface area contributed by atoms with Gasteiger partial charge in [-0.3, -0.25) is 0 Å². The predicted octanol–water partition coefficient (Wildman–Crippen LogP) is 1.27. The molecule has 3 N–H and O–H groups in total. The zero-order chi connectivity index (χ0) is 10.0. The molecule has 0 amide bonds. The SMILES string of the molecule is O=C(O)C(O)c1ccc(Br)cc1O. The van der Waals surface area contributed by atoms with Crippen LogP contribution in [0.15, 0.2) is 22.7 Å². The van der Waals surface area contributed by atoms with Crippen LogP contribution in [0.4, 0.5) is 0 Å². The number of carboxylic acid groups (broad SMARTS) is 1. The van der Waals surface area contributed by atoms with E-state index in [1.807, 2.05) is 0 Å². The van der Waals surface area contributed by atoms with Gasteiger partial charge in [-0.15, -0.1) is 0 Å². The molecule has 0 spiro atoms. The Balaban J connectivity index is 3.08. The first-order chi connectivity index (χ1) is 6.02. The summed E-state index contributed by atoms with van der Waals surface area (Å²) in [4.78, 5) is 10.4. The molecular formula is C8H7BrO4. The van der Waals surface area contributed by atoms with Gasteiger partial charge < -0.3 is 15.3 Å². The fraction of sp³-hybridized carbons (Fsp3) is 0.125. The number of phenolic OH excluding ortho intramolecular Hbond substituents is 1. The molecule has 0 heterocycles. The minimum absolute atomic E-state index is 0.0179. The Morgan fingerprint density at radius 2 is 2.08 bits per heavy atom. The third kappa shape index (κ3) is 2.19. The molecule has 0 saturated heterocycles. The van der Waals surface area contributed by atoms with Crippen molar-refractivity contribution in [3.05, 3.63) is 28.2 Å². The highest BCUT2D eigenvalue weighted by Crippen LogP contribution is 2.27.